The molecule has 1 saturated heterocycles. The second-order valence-electron chi connectivity index (χ2n) is 6.17. The molecule has 8 heteroatoms. The summed E-state index contributed by atoms with van der Waals surface area (Å²) >= 11 is 0. The van der Waals surface area contributed by atoms with Crippen LogP contribution < -0.4 is 4.90 Å². The highest BCUT2D eigenvalue weighted by Crippen LogP contribution is 2.22. The van der Waals surface area contributed by atoms with Crippen LogP contribution >= 0.6 is 0 Å². The molecule has 0 bridgehead atoms. The third-order valence-electron chi connectivity index (χ3n) is 4.35. The number of nitro groups is 1. The molecule has 0 unspecified atom stereocenters. The maximum Gasteiger partial charge on any atom is 0.345 e. The maximum atomic E-state index is 12.0. The van der Waals surface area contributed by atoms with Gasteiger partial charge in [-0.15, -0.1) is 0 Å². The smallest absolute Gasteiger partial charge is 0.345 e. The van der Waals surface area contributed by atoms with E-state index < -0.39 is 16.9 Å². The summed E-state index contributed by atoms with van der Waals surface area (Å²) in [4.78, 5) is 38.3. The molecule has 0 radical (unpaired) electrons. The molecule has 1 aliphatic rings. The number of anilines is 1. The van der Waals surface area contributed by atoms with E-state index in [4.69, 9.17) is 4.74 Å². The summed E-state index contributed by atoms with van der Waals surface area (Å²) in [6.45, 7) is 2.47. The Morgan fingerprint density at radius 3 is 2.37 bits per heavy atom. The molecule has 0 N–H and O–H groups in total. The molecule has 27 heavy (non-hydrogen) atoms. The summed E-state index contributed by atoms with van der Waals surface area (Å²) in [5.41, 5.74) is 1.17. The number of nitro benzene ring substituents is 1. The lowest BCUT2D eigenvalue weighted by Crippen LogP contribution is -2.48. The fourth-order valence-electron chi connectivity index (χ4n) is 2.92. The molecule has 0 aliphatic carbocycles. The second kappa shape index (κ2) is 8.41. The van der Waals surface area contributed by atoms with Crippen LogP contribution in [0.25, 0.3) is 0 Å². The SMILES string of the molecule is O=C(CN1CCN(c2cccc([N+](=O)[O-])c2)CC1)OC(=O)c1ccccc1. The normalized spacial score (nSPS) is 14.6. The average Bonchev–Trinajstić information content (AvgIpc) is 2.69. The molecule has 2 aromatic rings. The molecule has 0 spiro atoms. The van der Waals surface area contributed by atoms with E-state index in [-0.39, 0.29) is 12.2 Å². The number of hydrogen-bond donors (Lipinski definition) is 0. The van der Waals surface area contributed by atoms with Crippen LogP contribution in [0.4, 0.5) is 11.4 Å². The third-order valence-corrected chi connectivity index (χ3v) is 4.35. The molecule has 1 aliphatic heterocycles. The zero-order chi connectivity index (χ0) is 19.2. The second-order valence-corrected chi connectivity index (χ2v) is 6.17. The number of nitrogens with zero attached hydrogens (tertiary/aromatic N) is 3. The van der Waals surface area contributed by atoms with Crippen molar-refractivity contribution in [2.24, 2.45) is 0 Å². The molecule has 8 nitrogen and oxygen atoms in total. The summed E-state index contributed by atoms with van der Waals surface area (Å²) in [7, 11) is 0. The molecule has 1 fully saturated rings. The van der Waals surface area contributed by atoms with Crippen molar-refractivity contribution in [3.63, 3.8) is 0 Å². The number of ether oxygens (including phenoxy) is 1. The van der Waals surface area contributed by atoms with E-state index in [0.717, 1.165) is 5.69 Å². The zero-order valence-electron chi connectivity index (χ0n) is 14.6. The number of carbonyl (C=O) groups excluding carboxylic acids is 2. The van der Waals surface area contributed by atoms with Crippen LogP contribution in [0.3, 0.4) is 0 Å². The van der Waals surface area contributed by atoms with Gasteiger partial charge < -0.3 is 9.64 Å². The monoisotopic (exact) mass is 369 g/mol. The van der Waals surface area contributed by atoms with E-state index >= 15 is 0 Å². The van der Waals surface area contributed by atoms with E-state index in [2.05, 4.69) is 0 Å². The predicted molar refractivity (Wildman–Crippen MR) is 98.6 cm³/mol. The van der Waals surface area contributed by atoms with E-state index in [1.807, 2.05) is 15.9 Å². The maximum absolute atomic E-state index is 12.0. The van der Waals surface area contributed by atoms with Gasteiger partial charge in [-0.1, -0.05) is 24.3 Å². The molecular weight excluding hydrogens is 350 g/mol. The summed E-state index contributed by atoms with van der Waals surface area (Å²) in [6.07, 6.45) is 0. The van der Waals surface area contributed by atoms with Crippen molar-refractivity contribution >= 4 is 23.3 Å². The van der Waals surface area contributed by atoms with Crippen LogP contribution in [0.5, 0.6) is 0 Å². The number of carbonyl (C=O) groups is 2. The van der Waals surface area contributed by atoms with E-state index in [1.54, 1.807) is 42.5 Å². The molecule has 0 saturated carbocycles. The number of rotatable bonds is 5. The highest BCUT2D eigenvalue weighted by atomic mass is 16.6. The molecule has 0 amide bonds. The molecule has 2 aromatic carbocycles. The van der Waals surface area contributed by atoms with Crippen LogP contribution in [0.1, 0.15) is 10.4 Å². The average molecular weight is 369 g/mol. The van der Waals surface area contributed by atoms with Crippen LogP contribution in [-0.4, -0.2) is 54.5 Å². The largest absolute Gasteiger partial charge is 0.388 e. The first-order chi connectivity index (χ1) is 13.0. The van der Waals surface area contributed by atoms with Crippen molar-refractivity contribution < 1.29 is 19.2 Å². The first-order valence-electron chi connectivity index (χ1n) is 8.55. The molecule has 140 valence electrons. The van der Waals surface area contributed by atoms with Gasteiger partial charge in [0, 0.05) is 44.0 Å². The highest BCUT2D eigenvalue weighted by molar-refractivity contribution is 5.97. The van der Waals surface area contributed by atoms with Crippen LogP contribution in [-0.2, 0) is 9.53 Å². The quantitative estimate of drug-likeness (QED) is 0.345. The summed E-state index contributed by atoms with van der Waals surface area (Å²) < 4.78 is 4.88. The first kappa shape index (κ1) is 18.5. The van der Waals surface area contributed by atoms with Crippen molar-refractivity contribution in [1.29, 1.82) is 0 Å². The molecule has 3 rings (SSSR count). The fraction of sp³-hybridized carbons (Fsp3) is 0.263. The van der Waals surface area contributed by atoms with Gasteiger partial charge in [-0.25, -0.2) is 4.79 Å². The number of hydrogen-bond acceptors (Lipinski definition) is 7. The first-order valence-corrected chi connectivity index (χ1v) is 8.55. The lowest BCUT2D eigenvalue weighted by atomic mass is 10.2. The molecule has 1 heterocycles. The van der Waals surface area contributed by atoms with Gasteiger partial charge in [0.1, 0.15) is 0 Å². The van der Waals surface area contributed by atoms with Gasteiger partial charge in [-0.2, -0.15) is 0 Å². The van der Waals surface area contributed by atoms with Gasteiger partial charge in [0.05, 0.1) is 17.0 Å². The Hall–Kier alpha value is -3.26. The highest BCUT2D eigenvalue weighted by Gasteiger charge is 2.22. The fourth-order valence-corrected chi connectivity index (χ4v) is 2.92. The lowest BCUT2D eigenvalue weighted by molar-refractivity contribution is -0.384. The summed E-state index contributed by atoms with van der Waals surface area (Å²) in [5.74, 6) is -1.25. The van der Waals surface area contributed by atoms with Crippen molar-refractivity contribution in [3.05, 3.63) is 70.3 Å². The van der Waals surface area contributed by atoms with E-state index in [1.165, 1.54) is 6.07 Å². The number of non-ortho nitro benzene ring substituents is 1. The summed E-state index contributed by atoms with van der Waals surface area (Å²) in [6, 6.07) is 14.9. The Labute approximate surface area is 156 Å². The minimum atomic E-state index is -0.657. The minimum Gasteiger partial charge on any atom is -0.388 e. The topological polar surface area (TPSA) is 93.0 Å². The number of benzene rings is 2. The molecule has 0 aromatic heterocycles. The standard InChI is InChI=1S/C19H19N3O5/c23-18(27-19(24)15-5-2-1-3-6-15)14-20-9-11-21(12-10-20)16-7-4-8-17(13-16)22(25)26/h1-8,13H,9-12,14H2. The van der Waals surface area contributed by atoms with Crippen LogP contribution in [0, 0.1) is 10.1 Å². The summed E-state index contributed by atoms with van der Waals surface area (Å²) in [5, 5.41) is 10.9. The zero-order valence-corrected chi connectivity index (χ0v) is 14.6. The van der Waals surface area contributed by atoms with Crippen LogP contribution in [0.2, 0.25) is 0 Å². The van der Waals surface area contributed by atoms with Crippen LogP contribution in [0.15, 0.2) is 54.6 Å². The van der Waals surface area contributed by atoms with Gasteiger partial charge in [0.15, 0.2) is 0 Å². The Balaban J connectivity index is 1.49. The molecule has 0 atom stereocenters. The van der Waals surface area contributed by atoms with Crippen molar-refractivity contribution in [1.82, 2.24) is 4.90 Å². The number of piperazine rings is 1. The van der Waals surface area contributed by atoms with E-state index in [0.29, 0.717) is 31.7 Å². The van der Waals surface area contributed by atoms with Crippen molar-refractivity contribution in [3.8, 4) is 0 Å². The van der Waals surface area contributed by atoms with Gasteiger partial charge in [-0.05, 0) is 18.2 Å². The Morgan fingerprint density at radius 1 is 1.00 bits per heavy atom. The van der Waals surface area contributed by atoms with Crippen molar-refractivity contribution in [2.45, 2.75) is 0 Å². The Kier molecular flexibility index (Phi) is 5.77. The molecular formula is C19H19N3O5. The van der Waals surface area contributed by atoms with E-state index in [9.17, 15) is 19.7 Å². The number of esters is 2. The van der Waals surface area contributed by atoms with Gasteiger partial charge in [-0.3, -0.25) is 19.8 Å². The van der Waals surface area contributed by atoms with Gasteiger partial charge in [0.2, 0.25) is 0 Å². The van der Waals surface area contributed by atoms with Gasteiger partial charge >= 0.3 is 11.9 Å². The van der Waals surface area contributed by atoms with Crippen molar-refractivity contribution in [2.75, 3.05) is 37.6 Å². The Bertz CT molecular complexity index is 832. The van der Waals surface area contributed by atoms with Gasteiger partial charge in [0.25, 0.3) is 5.69 Å². The Morgan fingerprint density at radius 2 is 1.70 bits per heavy atom. The predicted octanol–water partition coefficient (Wildman–Crippen LogP) is 2.10. The minimum absolute atomic E-state index is 0.0291. The lowest BCUT2D eigenvalue weighted by Gasteiger charge is -2.35. The third kappa shape index (κ3) is 4.89.